The van der Waals surface area contributed by atoms with Crippen LogP contribution in [0.4, 0.5) is 0 Å². The fourth-order valence-corrected chi connectivity index (χ4v) is 0.952. The number of hydrogen-bond donors (Lipinski definition) is 2. The van der Waals surface area contributed by atoms with Crippen LogP contribution >= 0.6 is 15.9 Å². The van der Waals surface area contributed by atoms with Gasteiger partial charge in [0.05, 0.1) is 11.9 Å². The number of nitrogens with zero attached hydrogens (tertiary/aromatic N) is 3. The van der Waals surface area contributed by atoms with E-state index in [0.717, 1.165) is 0 Å². The molecule has 1 rings (SSSR count). The molecule has 62 valence electrons. The number of rotatable bonds is 1. The van der Waals surface area contributed by atoms with Gasteiger partial charge in [0.1, 0.15) is 6.07 Å². The Bertz CT molecular complexity index is 392. The Hall–Kier alpha value is -1.35. The fourth-order valence-electron chi connectivity index (χ4n) is 0.682. The summed E-state index contributed by atoms with van der Waals surface area (Å²) in [6.07, 6.45) is 1.28. The maximum Gasteiger partial charge on any atom is 0.197 e. The van der Waals surface area contributed by atoms with Crippen LogP contribution in [0.2, 0.25) is 0 Å². The molecule has 0 spiro atoms. The normalized spacial score (nSPS) is 9.33. The SMILES string of the molecule is N#Cc1nc(CBr)cn(O)c1=N. The predicted octanol–water partition coefficient (Wildman–Crippen LogP) is 0.366. The highest BCUT2D eigenvalue weighted by Crippen LogP contribution is 1.98. The van der Waals surface area contributed by atoms with Gasteiger partial charge in [0, 0.05) is 5.33 Å². The fraction of sp³-hybridized carbons (Fsp3) is 0.167. The predicted molar refractivity (Wildman–Crippen MR) is 42.6 cm³/mol. The van der Waals surface area contributed by atoms with E-state index in [1.54, 1.807) is 6.07 Å². The van der Waals surface area contributed by atoms with Crippen LogP contribution in [0.1, 0.15) is 11.4 Å². The molecule has 2 N–H and O–H groups in total. The summed E-state index contributed by atoms with van der Waals surface area (Å²) in [7, 11) is 0. The van der Waals surface area contributed by atoms with Crippen molar-refractivity contribution < 1.29 is 5.21 Å². The van der Waals surface area contributed by atoms with Crippen LogP contribution in [-0.2, 0) is 5.33 Å². The zero-order valence-corrected chi connectivity index (χ0v) is 7.54. The van der Waals surface area contributed by atoms with E-state index in [-0.39, 0.29) is 11.2 Å². The van der Waals surface area contributed by atoms with E-state index < -0.39 is 0 Å². The molecule has 5 nitrogen and oxygen atoms in total. The Kier molecular flexibility index (Phi) is 2.45. The second-order valence-electron chi connectivity index (χ2n) is 2.02. The Balaban J connectivity index is 3.42. The Morgan fingerprint density at radius 1 is 1.83 bits per heavy atom. The molecule has 0 atom stereocenters. The summed E-state index contributed by atoms with van der Waals surface area (Å²) < 4.78 is 0.572. The number of hydrogen-bond acceptors (Lipinski definition) is 4. The molecule has 0 aliphatic heterocycles. The number of aromatic nitrogens is 2. The van der Waals surface area contributed by atoms with Crippen LogP contribution in [-0.4, -0.2) is 14.9 Å². The Labute approximate surface area is 76.5 Å². The molecule has 0 fully saturated rings. The van der Waals surface area contributed by atoms with Gasteiger partial charge in [-0.05, 0) is 0 Å². The lowest BCUT2D eigenvalue weighted by Crippen LogP contribution is -2.22. The third kappa shape index (κ3) is 1.46. The Morgan fingerprint density at radius 3 is 3.00 bits per heavy atom. The maximum absolute atomic E-state index is 9.06. The van der Waals surface area contributed by atoms with E-state index >= 15 is 0 Å². The zero-order chi connectivity index (χ0) is 9.14. The van der Waals surface area contributed by atoms with E-state index in [1.807, 2.05) is 0 Å². The molecular weight excluding hydrogens is 224 g/mol. The molecule has 0 bridgehead atoms. The Morgan fingerprint density at radius 2 is 2.50 bits per heavy atom. The van der Waals surface area contributed by atoms with Gasteiger partial charge in [-0.3, -0.25) is 5.41 Å². The standard InChI is InChI=1S/C6H5BrN4O/c7-1-4-3-11(12)6(9)5(2-8)10-4/h3,9,12H,1H2. The molecule has 0 saturated heterocycles. The van der Waals surface area contributed by atoms with E-state index in [0.29, 0.717) is 15.8 Å². The highest BCUT2D eigenvalue weighted by atomic mass is 79.9. The van der Waals surface area contributed by atoms with Gasteiger partial charge in [0.2, 0.25) is 0 Å². The molecular formula is C6H5BrN4O. The first-order valence-electron chi connectivity index (χ1n) is 3.01. The van der Waals surface area contributed by atoms with Crippen molar-refractivity contribution in [1.82, 2.24) is 9.71 Å². The van der Waals surface area contributed by atoms with Gasteiger partial charge < -0.3 is 5.21 Å². The van der Waals surface area contributed by atoms with Crippen molar-refractivity contribution in [2.24, 2.45) is 0 Å². The number of nitriles is 1. The van der Waals surface area contributed by atoms with Gasteiger partial charge >= 0.3 is 0 Å². The van der Waals surface area contributed by atoms with E-state index in [9.17, 15) is 0 Å². The van der Waals surface area contributed by atoms with Crippen LogP contribution in [0, 0.1) is 16.7 Å². The van der Waals surface area contributed by atoms with Crippen molar-refractivity contribution >= 4 is 15.9 Å². The summed E-state index contributed by atoms with van der Waals surface area (Å²) >= 11 is 3.12. The molecule has 0 saturated carbocycles. The van der Waals surface area contributed by atoms with Crippen molar-refractivity contribution in [3.05, 3.63) is 23.1 Å². The van der Waals surface area contributed by atoms with Gasteiger partial charge in [-0.2, -0.15) is 9.99 Å². The summed E-state index contributed by atoms with van der Waals surface area (Å²) in [6, 6.07) is 1.71. The van der Waals surface area contributed by atoms with E-state index in [1.165, 1.54) is 6.20 Å². The molecule has 0 aromatic carbocycles. The number of halogens is 1. The quantitative estimate of drug-likeness (QED) is 0.538. The topological polar surface area (TPSA) is 85.7 Å². The highest BCUT2D eigenvalue weighted by molar-refractivity contribution is 9.08. The van der Waals surface area contributed by atoms with Crippen LogP contribution in [0.15, 0.2) is 6.20 Å². The second-order valence-corrected chi connectivity index (χ2v) is 2.58. The molecule has 0 amide bonds. The maximum atomic E-state index is 9.06. The smallest absolute Gasteiger partial charge is 0.197 e. The van der Waals surface area contributed by atoms with Crippen molar-refractivity contribution in [2.75, 3.05) is 0 Å². The second kappa shape index (κ2) is 3.36. The van der Waals surface area contributed by atoms with E-state index in [2.05, 4.69) is 20.9 Å². The minimum absolute atomic E-state index is 0.0885. The third-order valence-electron chi connectivity index (χ3n) is 1.22. The van der Waals surface area contributed by atoms with Crippen molar-refractivity contribution in [1.29, 1.82) is 10.7 Å². The van der Waals surface area contributed by atoms with Gasteiger partial charge in [0.25, 0.3) is 0 Å². The van der Waals surface area contributed by atoms with Crippen molar-refractivity contribution in [2.45, 2.75) is 5.33 Å². The first kappa shape index (κ1) is 8.74. The molecule has 6 heteroatoms. The summed E-state index contributed by atoms with van der Waals surface area (Å²) in [5, 5.41) is 25.2. The lowest BCUT2D eigenvalue weighted by atomic mass is 10.4. The third-order valence-corrected chi connectivity index (χ3v) is 1.80. The molecule has 12 heavy (non-hydrogen) atoms. The summed E-state index contributed by atoms with van der Waals surface area (Å²) in [5.74, 6) is 0. The van der Waals surface area contributed by atoms with Gasteiger partial charge in [-0.25, -0.2) is 4.98 Å². The van der Waals surface area contributed by atoms with Crippen LogP contribution in [0.5, 0.6) is 0 Å². The van der Waals surface area contributed by atoms with Crippen LogP contribution in [0.25, 0.3) is 0 Å². The van der Waals surface area contributed by atoms with Crippen molar-refractivity contribution in [3.63, 3.8) is 0 Å². The minimum Gasteiger partial charge on any atom is -0.427 e. The molecule has 1 aromatic rings. The average Bonchev–Trinajstić information content (AvgIpc) is 2.09. The lowest BCUT2D eigenvalue weighted by molar-refractivity contribution is 0.168. The number of nitrogens with one attached hydrogen (secondary N) is 1. The van der Waals surface area contributed by atoms with Gasteiger partial charge in [-0.1, -0.05) is 15.9 Å². The largest absolute Gasteiger partial charge is 0.427 e. The summed E-state index contributed by atoms with van der Waals surface area (Å²) in [6.45, 7) is 0. The summed E-state index contributed by atoms with van der Waals surface area (Å²) in [5.41, 5.74) is 0.113. The first-order chi connectivity index (χ1) is 5.69. The van der Waals surface area contributed by atoms with E-state index in [4.69, 9.17) is 15.9 Å². The zero-order valence-electron chi connectivity index (χ0n) is 5.95. The first-order valence-corrected chi connectivity index (χ1v) is 4.13. The summed E-state index contributed by atoms with van der Waals surface area (Å²) in [4.78, 5) is 3.79. The molecule has 0 aliphatic rings. The van der Waals surface area contributed by atoms with Gasteiger partial charge in [0.15, 0.2) is 11.2 Å². The lowest BCUT2D eigenvalue weighted by Gasteiger charge is -2.00. The van der Waals surface area contributed by atoms with Crippen molar-refractivity contribution in [3.8, 4) is 6.07 Å². The molecule has 0 unspecified atom stereocenters. The highest BCUT2D eigenvalue weighted by Gasteiger charge is 2.02. The number of alkyl halides is 1. The molecule has 1 heterocycles. The molecule has 1 aromatic heterocycles. The molecule has 0 radical (unpaired) electrons. The van der Waals surface area contributed by atoms with Crippen LogP contribution < -0.4 is 5.49 Å². The van der Waals surface area contributed by atoms with Crippen LogP contribution in [0.3, 0.4) is 0 Å². The van der Waals surface area contributed by atoms with Gasteiger partial charge in [-0.15, -0.1) is 0 Å². The average molecular weight is 229 g/mol. The molecule has 0 aliphatic carbocycles. The minimum atomic E-state index is -0.304. The monoisotopic (exact) mass is 228 g/mol.